The molecule has 0 aromatic heterocycles. The van der Waals surface area contributed by atoms with Gasteiger partial charge < -0.3 is 0 Å². The summed E-state index contributed by atoms with van der Waals surface area (Å²) in [4.78, 5) is 26.3. The van der Waals surface area contributed by atoms with Crippen LogP contribution >= 0.6 is 0 Å². The number of allylic oxidation sites excluding steroid dienone is 1. The fraction of sp³-hybridized carbons (Fsp3) is 0.429. The lowest BCUT2D eigenvalue weighted by molar-refractivity contribution is 0.551. The Balaban J connectivity index is 2.73. The molecule has 0 unspecified atom stereocenters. The molecule has 0 radical (unpaired) electrons. The van der Waals surface area contributed by atoms with Gasteiger partial charge in [-0.2, -0.15) is 9.98 Å². The largest absolute Gasteiger partial charge is 0.237 e. The quantitative estimate of drug-likeness (QED) is 0.338. The molecule has 4 nitrogen and oxygen atoms in total. The van der Waals surface area contributed by atoms with Crippen LogP contribution in [0, 0.1) is 0 Å². The summed E-state index contributed by atoms with van der Waals surface area (Å²) in [6.07, 6.45) is 5.78. The highest BCUT2D eigenvalue weighted by Crippen LogP contribution is 2.23. The van der Waals surface area contributed by atoms with Crippen LogP contribution in [-0.2, 0) is 9.59 Å². The van der Waals surface area contributed by atoms with E-state index >= 15 is 0 Å². The zero-order chi connectivity index (χ0) is 8.10. The highest BCUT2D eigenvalue weighted by molar-refractivity contribution is 5.40. The van der Waals surface area contributed by atoms with Gasteiger partial charge in [-0.1, -0.05) is 6.08 Å². The molecular formula is C7H6N2O2. The van der Waals surface area contributed by atoms with Gasteiger partial charge >= 0.3 is 0 Å². The van der Waals surface area contributed by atoms with Crippen LogP contribution in [0.1, 0.15) is 12.8 Å². The number of carbonyl (C=O) groups excluding carboxylic acids is 2. The maximum Gasteiger partial charge on any atom is 0.237 e. The summed E-state index contributed by atoms with van der Waals surface area (Å²) in [5, 5.41) is 0. The molecule has 0 aliphatic heterocycles. The number of hydrogen-bond acceptors (Lipinski definition) is 4. The molecule has 4 heteroatoms. The Hall–Kier alpha value is -1.50. The summed E-state index contributed by atoms with van der Waals surface area (Å²) in [6.45, 7) is 0. The van der Waals surface area contributed by atoms with E-state index in [1.165, 1.54) is 12.2 Å². The molecule has 0 spiro atoms. The summed E-state index contributed by atoms with van der Waals surface area (Å²) in [5.41, 5.74) is 0.900. The van der Waals surface area contributed by atoms with Gasteiger partial charge in [0.1, 0.15) is 0 Å². The van der Waals surface area contributed by atoms with Crippen molar-refractivity contribution < 1.29 is 9.59 Å². The van der Waals surface area contributed by atoms with Crippen molar-refractivity contribution in [1.82, 2.24) is 0 Å². The predicted octanol–water partition coefficient (Wildman–Crippen LogP) is 0.704. The van der Waals surface area contributed by atoms with Crippen LogP contribution in [0.4, 0.5) is 0 Å². The van der Waals surface area contributed by atoms with Crippen LogP contribution in [0.2, 0.25) is 0 Å². The van der Waals surface area contributed by atoms with E-state index in [9.17, 15) is 9.59 Å². The minimum atomic E-state index is -0.654. The first kappa shape index (κ1) is 7.61. The van der Waals surface area contributed by atoms with Gasteiger partial charge in [-0.05, 0) is 18.4 Å². The summed E-state index contributed by atoms with van der Waals surface area (Å²) in [5.74, 6) is 0. The minimum Gasteiger partial charge on any atom is -0.211 e. The highest BCUT2D eigenvalue weighted by Gasteiger charge is 2.16. The van der Waals surface area contributed by atoms with Crippen LogP contribution in [-0.4, -0.2) is 18.3 Å². The van der Waals surface area contributed by atoms with E-state index in [2.05, 4.69) is 9.98 Å². The SMILES string of the molecule is O=C=NC(N=C=O)C1=CCC1. The molecule has 0 heterocycles. The van der Waals surface area contributed by atoms with E-state index in [4.69, 9.17) is 0 Å². The molecule has 0 amide bonds. The van der Waals surface area contributed by atoms with Crippen LogP contribution < -0.4 is 0 Å². The molecule has 0 atom stereocenters. The zero-order valence-corrected chi connectivity index (χ0v) is 5.78. The van der Waals surface area contributed by atoms with Crippen LogP contribution in [0.3, 0.4) is 0 Å². The lowest BCUT2D eigenvalue weighted by Gasteiger charge is -2.15. The molecule has 1 rings (SSSR count). The maximum absolute atomic E-state index is 9.83. The fourth-order valence-electron chi connectivity index (χ4n) is 0.840. The van der Waals surface area contributed by atoms with Gasteiger partial charge in [0, 0.05) is 0 Å². The second-order valence-electron chi connectivity index (χ2n) is 2.13. The van der Waals surface area contributed by atoms with E-state index in [1.54, 1.807) is 0 Å². The zero-order valence-electron chi connectivity index (χ0n) is 5.78. The molecular weight excluding hydrogens is 144 g/mol. The smallest absolute Gasteiger partial charge is 0.211 e. The van der Waals surface area contributed by atoms with Crippen LogP contribution in [0.5, 0.6) is 0 Å². The first-order valence-electron chi connectivity index (χ1n) is 3.21. The average Bonchev–Trinajstić information content (AvgIpc) is 1.85. The third-order valence-corrected chi connectivity index (χ3v) is 1.52. The molecule has 0 saturated heterocycles. The first-order chi connectivity index (χ1) is 5.38. The van der Waals surface area contributed by atoms with Gasteiger partial charge in [-0.15, -0.1) is 0 Å². The van der Waals surface area contributed by atoms with Gasteiger partial charge in [0.25, 0.3) is 0 Å². The monoisotopic (exact) mass is 150 g/mol. The summed E-state index contributed by atoms with van der Waals surface area (Å²) < 4.78 is 0. The Bertz CT molecular complexity index is 252. The molecule has 0 fully saturated rings. The van der Waals surface area contributed by atoms with E-state index in [0.29, 0.717) is 0 Å². The van der Waals surface area contributed by atoms with Crippen LogP contribution in [0.15, 0.2) is 21.6 Å². The molecule has 0 N–H and O–H groups in total. The normalized spacial score (nSPS) is 16.5. The highest BCUT2D eigenvalue weighted by atomic mass is 16.1. The second kappa shape index (κ2) is 3.62. The molecule has 1 aliphatic carbocycles. The molecule has 0 bridgehead atoms. The summed E-state index contributed by atoms with van der Waals surface area (Å²) in [6, 6.07) is 0. The van der Waals surface area contributed by atoms with Gasteiger partial charge in [-0.3, -0.25) is 0 Å². The van der Waals surface area contributed by atoms with E-state index in [-0.39, 0.29) is 0 Å². The third-order valence-electron chi connectivity index (χ3n) is 1.52. The molecule has 0 saturated carbocycles. The lowest BCUT2D eigenvalue weighted by Crippen LogP contribution is -2.09. The van der Waals surface area contributed by atoms with Crippen molar-refractivity contribution in [3.63, 3.8) is 0 Å². The first-order valence-corrected chi connectivity index (χ1v) is 3.21. The van der Waals surface area contributed by atoms with Gasteiger partial charge in [0.2, 0.25) is 12.2 Å². The molecule has 0 aromatic rings. The van der Waals surface area contributed by atoms with E-state index in [0.717, 1.165) is 18.4 Å². The number of aliphatic imine (C=N–C) groups is 2. The average molecular weight is 150 g/mol. The van der Waals surface area contributed by atoms with Crippen molar-refractivity contribution in [1.29, 1.82) is 0 Å². The van der Waals surface area contributed by atoms with Crippen molar-refractivity contribution in [2.24, 2.45) is 9.98 Å². The van der Waals surface area contributed by atoms with Crippen LogP contribution in [0.25, 0.3) is 0 Å². The topological polar surface area (TPSA) is 58.9 Å². The lowest BCUT2D eigenvalue weighted by atomic mass is 9.97. The maximum atomic E-state index is 9.83. The van der Waals surface area contributed by atoms with Crippen molar-refractivity contribution >= 4 is 12.2 Å². The summed E-state index contributed by atoms with van der Waals surface area (Å²) >= 11 is 0. The molecule has 0 aromatic carbocycles. The Kier molecular flexibility index (Phi) is 2.50. The van der Waals surface area contributed by atoms with Gasteiger partial charge in [0.05, 0.1) is 0 Å². The third kappa shape index (κ3) is 1.71. The van der Waals surface area contributed by atoms with Crippen molar-refractivity contribution in [2.75, 3.05) is 0 Å². The minimum absolute atomic E-state index is 0.654. The van der Waals surface area contributed by atoms with Crippen molar-refractivity contribution in [3.05, 3.63) is 11.6 Å². The Morgan fingerprint density at radius 3 is 2.18 bits per heavy atom. The number of rotatable bonds is 3. The van der Waals surface area contributed by atoms with E-state index in [1.807, 2.05) is 6.08 Å². The predicted molar refractivity (Wildman–Crippen MR) is 37.3 cm³/mol. The van der Waals surface area contributed by atoms with Gasteiger partial charge in [0.15, 0.2) is 6.17 Å². The van der Waals surface area contributed by atoms with Crippen molar-refractivity contribution in [2.45, 2.75) is 19.0 Å². The number of isocyanates is 2. The second-order valence-corrected chi connectivity index (χ2v) is 2.13. The molecule has 1 aliphatic rings. The number of hydrogen-bond donors (Lipinski definition) is 0. The Morgan fingerprint density at radius 1 is 1.36 bits per heavy atom. The fourth-order valence-corrected chi connectivity index (χ4v) is 0.840. The summed E-state index contributed by atoms with van der Waals surface area (Å²) in [7, 11) is 0. The molecule has 11 heavy (non-hydrogen) atoms. The molecule has 56 valence electrons. The standard InChI is InChI=1S/C7H6N2O2/c10-4-8-7(9-5-11)6-2-1-3-6/h2,7H,1,3H2. The number of nitrogens with zero attached hydrogens (tertiary/aromatic N) is 2. The Labute approximate surface area is 63.3 Å². The van der Waals surface area contributed by atoms with Crippen molar-refractivity contribution in [3.8, 4) is 0 Å². The van der Waals surface area contributed by atoms with E-state index < -0.39 is 6.17 Å². The van der Waals surface area contributed by atoms with Gasteiger partial charge in [-0.25, -0.2) is 9.59 Å². The Morgan fingerprint density at radius 2 is 1.91 bits per heavy atom.